The molecule has 3 rings (SSSR count). The van der Waals surface area contributed by atoms with Gasteiger partial charge in [-0.1, -0.05) is 13.8 Å². The number of imide groups is 3. The van der Waals surface area contributed by atoms with E-state index in [2.05, 4.69) is 16.0 Å². The average molecular weight is 688 g/mol. The van der Waals surface area contributed by atoms with Gasteiger partial charge in [-0.25, -0.2) is 22.5 Å². The third kappa shape index (κ3) is 10.7. The van der Waals surface area contributed by atoms with Crippen LogP contribution in [0.15, 0.2) is 60.7 Å². The van der Waals surface area contributed by atoms with Gasteiger partial charge in [0, 0.05) is 30.0 Å². The van der Waals surface area contributed by atoms with Gasteiger partial charge < -0.3 is 16.0 Å². The quantitative estimate of drug-likeness (QED) is 0.138. The summed E-state index contributed by atoms with van der Waals surface area (Å²) in [5.74, 6) is -9.66. The lowest BCUT2D eigenvalue weighted by atomic mass is 10.0. The summed E-state index contributed by atoms with van der Waals surface area (Å²) >= 11 is 0. The minimum Gasteiger partial charge on any atom is -0.373 e. The molecular formula is C33H33F4N5O7. The maximum absolute atomic E-state index is 14.0. The zero-order chi connectivity index (χ0) is 36.6. The van der Waals surface area contributed by atoms with Crippen molar-refractivity contribution in [1.82, 2.24) is 15.5 Å². The molecule has 0 saturated heterocycles. The van der Waals surface area contributed by atoms with Gasteiger partial charge in [0.05, 0.1) is 17.8 Å². The Kier molecular flexibility index (Phi) is 12.7. The standard InChI is InChI=1S/C33H33F4N5O7/c1-17(2)30(40-26-5-7-27(8-6-26)42(48)49)33(47)41(31(45)18(3)38-28(43)13-20-9-22(34)15-23(35)10-20)32(46)19(4)39-29(44)14-21-11-24(36)16-25(37)12-21/h5-12,15-19,30,40H,13-14H2,1-4H3,(H,38,43)(H,39,44)/t18-,19-,30-/m0/s1. The lowest BCUT2D eigenvalue weighted by Gasteiger charge is -2.31. The fourth-order valence-corrected chi connectivity index (χ4v) is 4.73. The average Bonchev–Trinajstić information content (AvgIpc) is 2.98. The highest BCUT2D eigenvalue weighted by Crippen LogP contribution is 2.20. The molecule has 0 fully saturated rings. The minimum absolute atomic E-state index is 0.0552. The van der Waals surface area contributed by atoms with Crippen LogP contribution in [0.4, 0.5) is 28.9 Å². The number of amides is 5. The molecule has 0 saturated carbocycles. The van der Waals surface area contributed by atoms with Gasteiger partial charge in [0.1, 0.15) is 41.4 Å². The van der Waals surface area contributed by atoms with Gasteiger partial charge in [0.15, 0.2) is 0 Å². The molecule has 0 aliphatic heterocycles. The van der Waals surface area contributed by atoms with Crippen LogP contribution in [0.2, 0.25) is 0 Å². The van der Waals surface area contributed by atoms with Crippen LogP contribution >= 0.6 is 0 Å². The van der Waals surface area contributed by atoms with Gasteiger partial charge in [0.2, 0.25) is 11.8 Å². The molecule has 0 unspecified atom stereocenters. The molecule has 3 aromatic carbocycles. The number of carbonyl (C=O) groups is 5. The lowest BCUT2D eigenvalue weighted by molar-refractivity contribution is -0.384. The van der Waals surface area contributed by atoms with E-state index < -0.39 is 94.6 Å². The van der Waals surface area contributed by atoms with Crippen molar-refractivity contribution in [3.63, 3.8) is 0 Å². The van der Waals surface area contributed by atoms with Crippen molar-refractivity contribution in [1.29, 1.82) is 0 Å². The Hall–Kier alpha value is -5.67. The largest absolute Gasteiger partial charge is 0.373 e. The van der Waals surface area contributed by atoms with Gasteiger partial charge in [-0.3, -0.25) is 34.1 Å². The first kappa shape index (κ1) is 37.8. The van der Waals surface area contributed by atoms with Crippen LogP contribution in [0.1, 0.15) is 38.8 Å². The van der Waals surface area contributed by atoms with E-state index in [9.17, 15) is 51.6 Å². The van der Waals surface area contributed by atoms with Gasteiger partial charge in [-0.2, -0.15) is 0 Å². The van der Waals surface area contributed by atoms with Gasteiger partial charge in [0.25, 0.3) is 23.4 Å². The molecule has 0 bridgehead atoms. The Labute approximate surface area is 278 Å². The summed E-state index contributed by atoms with van der Waals surface area (Å²) in [6.07, 6.45) is -1.12. The third-order valence-corrected chi connectivity index (χ3v) is 7.06. The van der Waals surface area contributed by atoms with E-state index in [4.69, 9.17) is 0 Å². The molecular weight excluding hydrogens is 654 g/mol. The number of nitro benzene ring substituents is 1. The number of nitrogens with zero attached hydrogens (tertiary/aromatic N) is 2. The Morgan fingerprint density at radius 1 is 0.673 bits per heavy atom. The Balaban J connectivity index is 1.88. The second-order valence-corrected chi connectivity index (χ2v) is 11.5. The van der Waals surface area contributed by atoms with Crippen molar-refractivity contribution in [3.05, 3.63) is 105 Å². The highest BCUT2D eigenvalue weighted by Gasteiger charge is 2.40. The smallest absolute Gasteiger partial charge is 0.269 e. The number of carbonyl (C=O) groups excluding carboxylic acids is 5. The van der Waals surface area contributed by atoms with Crippen LogP contribution in [0.3, 0.4) is 0 Å². The first-order chi connectivity index (χ1) is 22.9. The van der Waals surface area contributed by atoms with E-state index >= 15 is 0 Å². The van der Waals surface area contributed by atoms with Crippen LogP contribution in [-0.4, -0.2) is 57.5 Å². The van der Waals surface area contributed by atoms with Crippen LogP contribution in [-0.2, 0) is 36.8 Å². The van der Waals surface area contributed by atoms with Crippen LogP contribution in [0, 0.1) is 39.3 Å². The van der Waals surface area contributed by atoms with Crippen molar-refractivity contribution < 1.29 is 46.5 Å². The number of rotatable bonds is 13. The zero-order valence-electron chi connectivity index (χ0n) is 26.8. The SMILES string of the molecule is CC(C)[C@H](Nc1ccc([N+](=O)[O-])cc1)C(=O)N(C(=O)[C@H](C)NC(=O)Cc1cc(F)cc(F)c1)C(=O)[C@H](C)NC(=O)Cc1cc(F)cc(F)c1. The number of hydrogen-bond donors (Lipinski definition) is 3. The van der Waals surface area contributed by atoms with E-state index in [1.165, 1.54) is 24.3 Å². The number of non-ortho nitro benzene ring substituents is 1. The summed E-state index contributed by atoms with van der Waals surface area (Å²) in [4.78, 5) is 77.5. The molecule has 16 heteroatoms. The molecule has 3 aromatic rings. The number of halogens is 4. The topological polar surface area (TPSA) is 168 Å². The summed E-state index contributed by atoms with van der Waals surface area (Å²) in [5, 5.41) is 18.5. The fraction of sp³-hybridized carbons (Fsp3) is 0.303. The molecule has 5 amide bonds. The highest BCUT2D eigenvalue weighted by molar-refractivity contribution is 6.16. The summed E-state index contributed by atoms with van der Waals surface area (Å²) < 4.78 is 54.5. The normalized spacial score (nSPS) is 12.8. The minimum atomic E-state index is -1.55. The summed E-state index contributed by atoms with van der Waals surface area (Å²) in [5.41, 5.74) is -0.119. The summed E-state index contributed by atoms with van der Waals surface area (Å²) in [6, 6.07) is 5.41. The number of anilines is 1. The predicted molar refractivity (Wildman–Crippen MR) is 168 cm³/mol. The second-order valence-electron chi connectivity index (χ2n) is 11.5. The maximum Gasteiger partial charge on any atom is 0.269 e. The zero-order valence-corrected chi connectivity index (χ0v) is 26.8. The molecule has 260 valence electrons. The predicted octanol–water partition coefficient (Wildman–Crippen LogP) is 3.96. The Morgan fingerprint density at radius 3 is 1.41 bits per heavy atom. The molecule has 0 heterocycles. The van der Waals surface area contributed by atoms with E-state index in [-0.39, 0.29) is 27.4 Å². The molecule has 0 aliphatic carbocycles. The van der Waals surface area contributed by atoms with Crippen molar-refractivity contribution >= 4 is 40.9 Å². The van der Waals surface area contributed by atoms with Crippen molar-refractivity contribution in [2.75, 3.05) is 5.32 Å². The van der Waals surface area contributed by atoms with Crippen LogP contribution in [0.25, 0.3) is 0 Å². The van der Waals surface area contributed by atoms with E-state index in [0.717, 1.165) is 38.1 Å². The van der Waals surface area contributed by atoms with E-state index in [1.54, 1.807) is 13.8 Å². The van der Waals surface area contributed by atoms with Crippen molar-refractivity contribution in [2.45, 2.75) is 58.7 Å². The fourth-order valence-electron chi connectivity index (χ4n) is 4.73. The van der Waals surface area contributed by atoms with E-state index in [0.29, 0.717) is 12.1 Å². The summed E-state index contributed by atoms with van der Waals surface area (Å²) in [6.45, 7) is 5.49. The molecule has 0 radical (unpaired) electrons. The van der Waals surface area contributed by atoms with Crippen molar-refractivity contribution in [2.24, 2.45) is 5.92 Å². The van der Waals surface area contributed by atoms with Gasteiger partial charge in [-0.15, -0.1) is 0 Å². The Bertz CT molecular complexity index is 1630. The van der Waals surface area contributed by atoms with Crippen molar-refractivity contribution in [3.8, 4) is 0 Å². The van der Waals surface area contributed by atoms with Gasteiger partial charge >= 0.3 is 0 Å². The number of nitrogens with one attached hydrogen (secondary N) is 3. The third-order valence-electron chi connectivity index (χ3n) is 7.06. The molecule has 0 aromatic heterocycles. The maximum atomic E-state index is 14.0. The monoisotopic (exact) mass is 687 g/mol. The number of nitro groups is 1. The molecule has 12 nitrogen and oxygen atoms in total. The van der Waals surface area contributed by atoms with Crippen LogP contribution in [0.5, 0.6) is 0 Å². The number of benzene rings is 3. The molecule has 0 spiro atoms. The molecule has 3 atom stereocenters. The first-order valence-corrected chi connectivity index (χ1v) is 14.9. The first-order valence-electron chi connectivity index (χ1n) is 14.9. The van der Waals surface area contributed by atoms with Crippen LogP contribution < -0.4 is 16.0 Å². The Morgan fingerprint density at radius 2 is 1.06 bits per heavy atom. The lowest BCUT2D eigenvalue weighted by Crippen LogP contribution is -2.60. The van der Waals surface area contributed by atoms with Gasteiger partial charge in [-0.05, 0) is 67.3 Å². The molecule has 0 aliphatic rings. The van der Waals surface area contributed by atoms with E-state index in [1.807, 2.05) is 0 Å². The highest BCUT2D eigenvalue weighted by atomic mass is 19.1. The molecule has 3 N–H and O–H groups in total. The molecule has 49 heavy (non-hydrogen) atoms. The second kappa shape index (κ2) is 16.4. The summed E-state index contributed by atoms with van der Waals surface area (Å²) in [7, 11) is 0. The number of hydrogen-bond acceptors (Lipinski definition) is 8.